The highest BCUT2D eigenvalue weighted by molar-refractivity contribution is 7.88. The van der Waals surface area contributed by atoms with Gasteiger partial charge < -0.3 is 0 Å². The second-order valence-electron chi connectivity index (χ2n) is 4.28. The maximum atomic E-state index is 12.1. The number of rotatable bonds is 6. The first-order valence-electron chi connectivity index (χ1n) is 6.00. The van der Waals surface area contributed by atoms with Gasteiger partial charge in [0, 0.05) is 0 Å². The molecule has 1 N–H and O–H groups in total. The molecule has 0 atom stereocenters. The molecule has 3 nitrogen and oxygen atoms in total. The van der Waals surface area contributed by atoms with Gasteiger partial charge in [0.25, 0.3) is 0 Å². The van der Waals surface area contributed by atoms with E-state index in [1.54, 1.807) is 12.1 Å². The molecule has 0 aromatic heterocycles. The van der Waals surface area contributed by atoms with Gasteiger partial charge in [-0.3, -0.25) is 0 Å². The van der Waals surface area contributed by atoms with Gasteiger partial charge in [0.05, 0.1) is 11.3 Å². The molecule has 0 radical (unpaired) electrons. The molecular weight excluding hydrogens is 246 g/mol. The van der Waals surface area contributed by atoms with Crippen molar-refractivity contribution in [3.63, 3.8) is 0 Å². The van der Waals surface area contributed by atoms with Crippen LogP contribution < -0.4 is 4.72 Å². The van der Waals surface area contributed by atoms with Crippen LogP contribution in [0.1, 0.15) is 32.3 Å². The van der Waals surface area contributed by atoms with Gasteiger partial charge in [-0.2, -0.15) is 4.72 Å². The molecule has 0 aliphatic carbocycles. The summed E-state index contributed by atoms with van der Waals surface area (Å²) in [5.74, 6) is 2.52. The standard InChI is InChI=1S/C14H19NO2S/c1-4-14(5-2,6-3)15-18(16,17)12-13-10-8-7-9-11-13/h1,7-11,15H,5-6,12H2,2-3H3. The fraction of sp³-hybridized carbons (Fsp3) is 0.429. The van der Waals surface area contributed by atoms with Crippen molar-refractivity contribution in [3.05, 3.63) is 35.9 Å². The lowest BCUT2D eigenvalue weighted by atomic mass is 9.96. The molecule has 0 saturated heterocycles. The molecule has 0 fully saturated rings. The van der Waals surface area contributed by atoms with E-state index in [2.05, 4.69) is 10.6 Å². The van der Waals surface area contributed by atoms with Crippen LogP contribution >= 0.6 is 0 Å². The molecule has 1 aromatic carbocycles. The fourth-order valence-corrected chi connectivity index (χ4v) is 3.40. The molecule has 0 amide bonds. The number of nitrogens with one attached hydrogen (secondary N) is 1. The molecule has 0 spiro atoms. The van der Waals surface area contributed by atoms with Gasteiger partial charge >= 0.3 is 0 Å². The highest BCUT2D eigenvalue weighted by Gasteiger charge is 2.28. The zero-order valence-electron chi connectivity index (χ0n) is 10.8. The van der Waals surface area contributed by atoms with Crippen LogP contribution in [-0.2, 0) is 15.8 Å². The number of hydrogen-bond acceptors (Lipinski definition) is 2. The van der Waals surface area contributed by atoms with Crippen LogP contribution in [0.5, 0.6) is 0 Å². The average Bonchev–Trinajstić information content (AvgIpc) is 2.37. The van der Waals surface area contributed by atoms with Crippen molar-refractivity contribution in [2.45, 2.75) is 38.0 Å². The second kappa shape index (κ2) is 6.03. The maximum absolute atomic E-state index is 12.1. The van der Waals surface area contributed by atoms with Gasteiger partial charge in [0.15, 0.2) is 0 Å². The Morgan fingerprint density at radius 2 is 1.78 bits per heavy atom. The lowest BCUT2D eigenvalue weighted by Crippen LogP contribution is -2.46. The highest BCUT2D eigenvalue weighted by Crippen LogP contribution is 2.16. The van der Waals surface area contributed by atoms with Crippen molar-refractivity contribution in [3.8, 4) is 12.3 Å². The van der Waals surface area contributed by atoms with Gasteiger partial charge in [-0.1, -0.05) is 50.1 Å². The fourth-order valence-electron chi connectivity index (χ4n) is 1.76. The van der Waals surface area contributed by atoms with Crippen LogP contribution in [-0.4, -0.2) is 14.0 Å². The Kier molecular flexibility index (Phi) is 4.94. The SMILES string of the molecule is C#CC(CC)(CC)NS(=O)(=O)Cc1ccccc1. The summed E-state index contributed by atoms with van der Waals surface area (Å²) in [5.41, 5.74) is -0.0173. The Hall–Kier alpha value is -1.31. The van der Waals surface area contributed by atoms with Crippen LogP contribution in [0.15, 0.2) is 30.3 Å². The Labute approximate surface area is 110 Å². The summed E-state index contributed by atoms with van der Waals surface area (Å²) in [7, 11) is -3.42. The van der Waals surface area contributed by atoms with Gasteiger partial charge in [0.1, 0.15) is 0 Å². The van der Waals surface area contributed by atoms with Crippen LogP contribution in [0, 0.1) is 12.3 Å². The first-order valence-corrected chi connectivity index (χ1v) is 7.65. The minimum absolute atomic E-state index is 0.0444. The molecule has 0 unspecified atom stereocenters. The maximum Gasteiger partial charge on any atom is 0.217 e. The molecule has 0 aliphatic heterocycles. The van der Waals surface area contributed by atoms with Gasteiger partial charge in [-0.05, 0) is 18.4 Å². The molecule has 0 saturated carbocycles. The Morgan fingerprint density at radius 3 is 2.22 bits per heavy atom. The van der Waals surface area contributed by atoms with Crippen molar-refractivity contribution < 1.29 is 8.42 Å². The molecule has 4 heteroatoms. The molecule has 0 heterocycles. The third kappa shape index (κ3) is 3.86. The summed E-state index contributed by atoms with van der Waals surface area (Å²) in [6.07, 6.45) is 6.61. The quantitative estimate of drug-likeness (QED) is 0.802. The third-order valence-corrected chi connectivity index (χ3v) is 4.45. The number of sulfonamides is 1. The van der Waals surface area contributed by atoms with Crippen LogP contribution in [0.3, 0.4) is 0 Å². The molecule has 0 aliphatic rings. The zero-order chi connectivity index (χ0) is 13.6. The zero-order valence-corrected chi connectivity index (χ0v) is 11.6. The van der Waals surface area contributed by atoms with Crippen molar-refractivity contribution in [1.29, 1.82) is 0 Å². The van der Waals surface area contributed by atoms with E-state index in [1.807, 2.05) is 32.0 Å². The first kappa shape index (κ1) is 14.7. The van der Waals surface area contributed by atoms with Crippen LogP contribution in [0.25, 0.3) is 0 Å². The van der Waals surface area contributed by atoms with Gasteiger partial charge in [0.2, 0.25) is 10.0 Å². The van der Waals surface area contributed by atoms with Crippen molar-refractivity contribution in [2.24, 2.45) is 0 Å². The Balaban J connectivity index is 2.86. The van der Waals surface area contributed by atoms with E-state index < -0.39 is 15.6 Å². The largest absolute Gasteiger partial charge is 0.217 e. The van der Waals surface area contributed by atoms with E-state index >= 15 is 0 Å². The second-order valence-corrected chi connectivity index (χ2v) is 6.00. The van der Waals surface area contributed by atoms with E-state index in [0.29, 0.717) is 12.8 Å². The van der Waals surface area contributed by atoms with E-state index in [-0.39, 0.29) is 5.75 Å². The van der Waals surface area contributed by atoms with Crippen molar-refractivity contribution in [2.75, 3.05) is 0 Å². The number of terminal acetylenes is 1. The Bertz CT molecular complexity index is 510. The summed E-state index contributed by atoms with van der Waals surface area (Å²) < 4.78 is 26.8. The lowest BCUT2D eigenvalue weighted by Gasteiger charge is -2.26. The van der Waals surface area contributed by atoms with E-state index in [1.165, 1.54) is 0 Å². The van der Waals surface area contributed by atoms with E-state index in [4.69, 9.17) is 6.42 Å². The smallest absolute Gasteiger partial charge is 0.212 e. The minimum atomic E-state index is -3.42. The third-order valence-electron chi connectivity index (χ3n) is 3.03. The average molecular weight is 265 g/mol. The molecule has 1 aromatic rings. The van der Waals surface area contributed by atoms with Crippen molar-refractivity contribution in [1.82, 2.24) is 4.72 Å². The van der Waals surface area contributed by atoms with Crippen molar-refractivity contribution >= 4 is 10.0 Å². The minimum Gasteiger partial charge on any atom is -0.212 e. The molecule has 0 bridgehead atoms. The predicted octanol–water partition coefficient (Wildman–Crippen LogP) is 2.30. The molecule has 18 heavy (non-hydrogen) atoms. The summed E-state index contributed by atoms with van der Waals surface area (Å²) >= 11 is 0. The predicted molar refractivity (Wildman–Crippen MR) is 74.3 cm³/mol. The number of hydrogen-bond donors (Lipinski definition) is 1. The monoisotopic (exact) mass is 265 g/mol. The first-order chi connectivity index (χ1) is 8.47. The van der Waals surface area contributed by atoms with Crippen LogP contribution in [0.4, 0.5) is 0 Å². The normalized spacial score (nSPS) is 12.1. The summed E-state index contributed by atoms with van der Waals surface area (Å²) in [6.45, 7) is 3.77. The Morgan fingerprint density at radius 1 is 1.22 bits per heavy atom. The lowest BCUT2D eigenvalue weighted by molar-refractivity contribution is 0.451. The number of benzene rings is 1. The van der Waals surface area contributed by atoms with E-state index in [9.17, 15) is 8.42 Å². The van der Waals surface area contributed by atoms with E-state index in [0.717, 1.165) is 5.56 Å². The summed E-state index contributed by atoms with van der Waals surface area (Å²) in [6, 6.07) is 9.06. The summed E-state index contributed by atoms with van der Waals surface area (Å²) in [5, 5.41) is 0. The van der Waals surface area contributed by atoms with Crippen LogP contribution in [0.2, 0.25) is 0 Å². The molecule has 98 valence electrons. The molecule has 1 rings (SSSR count). The van der Waals surface area contributed by atoms with Gasteiger partial charge in [-0.25, -0.2) is 8.42 Å². The topological polar surface area (TPSA) is 46.2 Å². The molecular formula is C14H19NO2S. The summed E-state index contributed by atoms with van der Waals surface area (Å²) in [4.78, 5) is 0. The van der Waals surface area contributed by atoms with Gasteiger partial charge in [-0.15, -0.1) is 6.42 Å². The highest BCUT2D eigenvalue weighted by atomic mass is 32.2.